The number of hydrogen-bond donors (Lipinski definition) is 0. The lowest BCUT2D eigenvalue weighted by molar-refractivity contribution is 0.530. The van der Waals surface area contributed by atoms with E-state index in [1.807, 2.05) is 23.9 Å². The minimum absolute atomic E-state index is 1.02. The first-order valence-electron chi connectivity index (χ1n) is 4.09. The van der Waals surface area contributed by atoms with E-state index in [4.69, 9.17) is 4.42 Å². The van der Waals surface area contributed by atoms with Gasteiger partial charge in [0.25, 0.3) is 0 Å². The van der Waals surface area contributed by atoms with Crippen LogP contribution in [-0.4, -0.2) is 10.2 Å². The third kappa shape index (κ3) is 4.40. The van der Waals surface area contributed by atoms with Crippen LogP contribution in [-0.2, 0) is 5.75 Å². The van der Waals surface area contributed by atoms with Crippen molar-refractivity contribution in [2.45, 2.75) is 18.6 Å². The molecule has 1 nitrogen and oxygen atoms in total. The van der Waals surface area contributed by atoms with Gasteiger partial charge in [-0.2, -0.15) is 11.8 Å². The minimum Gasteiger partial charge on any atom is -0.468 e. The second-order valence-corrected chi connectivity index (χ2v) is 4.71. The van der Waals surface area contributed by atoms with Crippen LogP contribution in [0.15, 0.2) is 22.8 Å². The number of thioether (sulfide) groups is 1. The summed E-state index contributed by atoms with van der Waals surface area (Å²) in [6.45, 7) is 0. The SMILES string of the molecule is ICCCCSCc1ccco1. The van der Waals surface area contributed by atoms with Crippen LogP contribution < -0.4 is 0 Å². The summed E-state index contributed by atoms with van der Waals surface area (Å²) in [5.41, 5.74) is 0. The largest absolute Gasteiger partial charge is 0.468 e. The molecule has 0 aliphatic carbocycles. The quantitative estimate of drug-likeness (QED) is 0.451. The Hall–Kier alpha value is 0.360. The van der Waals surface area contributed by atoms with E-state index in [1.54, 1.807) is 6.26 Å². The summed E-state index contributed by atoms with van der Waals surface area (Å²) >= 11 is 4.38. The molecule has 0 radical (unpaired) electrons. The molecule has 0 saturated heterocycles. The highest BCUT2D eigenvalue weighted by molar-refractivity contribution is 14.1. The Morgan fingerprint density at radius 3 is 3.00 bits per heavy atom. The second kappa shape index (κ2) is 6.83. The Kier molecular flexibility index (Phi) is 5.94. The predicted molar refractivity (Wildman–Crippen MR) is 63.0 cm³/mol. The van der Waals surface area contributed by atoms with Crippen molar-refractivity contribution in [1.82, 2.24) is 0 Å². The zero-order valence-electron chi connectivity index (χ0n) is 6.96. The minimum atomic E-state index is 1.02. The van der Waals surface area contributed by atoms with Crippen molar-refractivity contribution in [2.75, 3.05) is 10.2 Å². The van der Waals surface area contributed by atoms with E-state index in [-0.39, 0.29) is 0 Å². The second-order valence-electron chi connectivity index (χ2n) is 2.53. The standard InChI is InChI=1S/C9H13IOS/c10-5-1-2-7-12-8-9-4-3-6-11-9/h3-4,6H,1-2,5,7-8H2. The molecule has 68 valence electrons. The normalized spacial score (nSPS) is 10.4. The molecule has 0 atom stereocenters. The van der Waals surface area contributed by atoms with Crippen molar-refractivity contribution in [3.05, 3.63) is 24.2 Å². The Morgan fingerprint density at radius 2 is 2.33 bits per heavy atom. The first kappa shape index (κ1) is 10.4. The van der Waals surface area contributed by atoms with E-state index in [0.29, 0.717) is 0 Å². The molecule has 0 aliphatic heterocycles. The van der Waals surface area contributed by atoms with Gasteiger partial charge in [-0.1, -0.05) is 22.6 Å². The monoisotopic (exact) mass is 296 g/mol. The fraction of sp³-hybridized carbons (Fsp3) is 0.556. The van der Waals surface area contributed by atoms with Crippen molar-refractivity contribution in [3.8, 4) is 0 Å². The van der Waals surface area contributed by atoms with E-state index in [9.17, 15) is 0 Å². The number of furan rings is 1. The van der Waals surface area contributed by atoms with Crippen molar-refractivity contribution >= 4 is 34.4 Å². The lowest BCUT2D eigenvalue weighted by Gasteiger charge is -1.97. The summed E-state index contributed by atoms with van der Waals surface area (Å²) < 4.78 is 6.49. The lowest BCUT2D eigenvalue weighted by atomic mass is 10.4. The molecule has 3 heteroatoms. The highest BCUT2D eigenvalue weighted by Gasteiger charge is 1.94. The summed E-state index contributed by atoms with van der Waals surface area (Å²) in [5, 5.41) is 0. The van der Waals surface area contributed by atoms with Crippen molar-refractivity contribution < 1.29 is 4.42 Å². The van der Waals surface area contributed by atoms with Gasteiger partial charge < -0.3 is 4.42 Å². The number of halogens is 1. The zero-order valence-corrected chi connectivity index (χ0v) is 9.94. The maximum Gasteiger partial charge on any atom is 0.113 e. The van der Waals surface area contributed by atoms with E-state index in [0.717, 1.165) is 11.5 Å². The lowest BCUT2D eigenvalue weighted by Crippen LogP contribution is -1.82. The summed E-state index contributed by atoms with van der Waals surface area (Å²) in [6, 6.07) is 3.98. The van der Waals surface area contributed by atoms with Gasteiger partial charge in [0.05, 0.1) is 12.0 Å². The van der Waals surface area contributed by atoms with Crippen LogP contribution >= 0.6 is 34.4 Å². The summed E-state index contributed by atoms with van der Waals surface area (Å²) in [7, 11) is 0. The molecule has 0 saturated carbocycles. The van der Waals surface area contributed by atoms with Gasteiger partial charge in [0.2, 0.25) is 0 Å². The van der Waals surface area contributed by atoms with E-state index in [2.05, 4.69) is 22.6 Å². The van der Waals surface area contributed by atoms with E-state index >= 15 is 0 Å². The molecule has 0 aliphatic rings. The Labute approximate surface area is 91.4 Å². The molecule has 0 unspecified atom stereocenters. The number of rotatable bonds is 6. The van der Waals surface area contributed by atoms with E-state index < -0.39 is 0 Å². The first-order valence-corrected chi connectivity index (χ1v) is 6.77. The molecule has 0 N–H and O–H groups in total. The molecule has 0 spiro atoms. The molecule has 0 bridgehead atoms. The van der Waals surface area contributed by atoms with Crippen LogP contribution in [0.1, 0.15) is 18.6 Å². The van der Waals surface area contributed by atoms with Gasteiger partial charge in [-0.05, 0) is 35.2 Å². The van der Waals surface area contributed by atoms with Crippen LogP contribution in [0.5, 0.6) is 0 Å². The molecule has 12 heavy (non-hydrogen) atoms. The third-order valence-corrected chi connectivity index (χ3v) is 3.33. The maximum atomic E-state index is 5.22. The Morgan fingerprint density at radius 1 is 1.42 bits per heavy atom. The average Bonchev–Trinajstić information content (AvgIpc) is 2.57. The fourth-order valence-corrected chi connectivity index (χ4v) is 2.32. The van der Waals surface area contributed by atoms with Gasteiger partial charge in [0, 0.05) is 0 Å². The van der Waals surface area contributed by atoms with Crippen LogP contribution in [0.25, 0.3) is 0 Å². The first-order chi connectivity index (χ1) is 5.93. The van der Waals surface area contributed by atoms with Crippen molar-refractivity contribution in [2.24, 2.45) is 0 Å². The molecule has 0 amide bonds. The molecule has 1 heterocycles. The molecule has 0 fully saturated rings. The number of unbranched alkanes of at least 4 members (excludes halogenated alkanes) is 1. The van der Waals surface area contributed by atoms with E-state index in [1.165, 1.54) is 23.0 Å². The van der Waals surface area contributed by atoms with Gasteiger partial charge in [-0.15, -0.1) is 0 Å². The number of alkyl halides is 1. The molecule has 1 rings (SSSR count). The van der Waals surface area contributed by atoms with Crippen molar-refractivity contribution in [1.29, 1.82) is 0 Å². The smallest absolute Gasteiger partial charge is 0.113 e. The predicted octanol–water partition coefficient (Wildman–Crippen LogP) is 3.73. The third-order valence-electron chi connectivity index (χ3n) is 1.50. The van der Waals surface area contributed by atoms with Gasteiger partial charge in [-0.3, -0.25) is 0 Å². The van der Waals surface area contributed by atoms with Crippen LogP contribution in [0.4, 0.5) is 0 Å². The summed E-state index contributed by atoms with van der Waals surface area (Å²) in [6.07, 6.45) is 4.40. The van der Waals surface area contributed by atoms with Crippen LogP contribution in [0, 0.1) is 0 Å². The molecule has 1 aromatic rings. The van der Waals surface area contributed by atoms with Gasteiger partial charge in [-0.25, -0.2) is 0 Å². The van der Waals surface area contributed by atoms with Crippen LogP contribution in [0.2, 0.25) is 0 Å². The maximum absolute atomic E-state index is 5.22. The van der Waals surface area contributed by atoms with Gasteiger partial charge in [0.15, 0.2) is 0 Å². The Balaban J connectivity index is 1.96. The zero-order chi connectivity index (χ0) is 8.65. The summed E-state index contributed by atoms with van der Waals surface area (Å²) in [4.78, 5) is 0. The summed E-state index contributed by atoms with van der Waals surface area (Å²) in [5.74, 6) is 3.37. The Bertz CT molecular complexity index is 186. The topological polar surface area (TPSA) is 13.1 Å². The number of hydrogen-bond acceptors (Lipinski definition) is 2. The van der Waals surface area contributed by atoms with Crippen molar-refractivity contribution in [3.63, 3.8) is 0 Å². The fourth-order valence-electron chi connectivity index (χ4n) is 0.866. The van der Waals surface area contributed by atoms with Gasteiger partial charge in [0.1, 0.15) is 5.76 Å². The molecule has 1 aromatic heterocycles. The highest BCUT2D eigenvalue weighted by atomic mass is 127. The van der Waals surface area contributed by atoms with Crippen LogP contribution in [0.3, 0.4) is 0 Å². The average molecular weight is 296 g/mol. The van der Waals surface area contributed by atoms with Gasteiger partial charge >= 0.3 is 0 Å². The highest BCUT2D eigenvalue weighted by Crippen LogP contribution is 2.14. The molecule has 0 aromatic carbocycles. The molecular weight excluding hydrogens is 283 g/mol. The molecular formula is C9H13IOS.